The standard InChI is InChI=1S/C14H21N3O3S/c1-11(15)14(18)16-10-12-4-6-13(7-5-12)21(19,20)17-8-2-3-9-17/h4-7,11H,2-3,8-10,15H2,1H3,(H,16,18)/t11-/m1/s1. The van der Waals surface area contributed by atoms with Gasteiger partial charge in [0.1, 0.15) is 0 Å². The molecule has 1 atom stereocenters. The van der Waals surface area contributed by atoms with Crippen LogP contribution in [0, 0.1) is 0 Å². The number of benzene rings is 1. The fraction of sp³-hybridized carbons (Fsp3) is 0.500. The quantitative estimate of drug-likeness (QED) is 0.825. The van der Waals surface area contributed by atoms with Crippen LogP contribution in [-0.2, 0) is 21.4 Å². The van der Waals surface area contributed by atoms with Gasteiger partial charge in [-0.3, -0.25) is 4.79 Å². The Hall–Kier alpha value is -1.44. The minimum Gasteiger partial charge on any atom is -0.351 e. The number of hydrogen-bond acceptors (Lipinski definition) is 4. The number of rotatable bonds is 5. The zero-order valence-corrected chi connectivity index (χ0v) is 12.9. The lowest BCUT2D eigenvalue weighted by Gasteiger charge is -2.15. The summed E-state index contributed by atoms with van der Waals surface area (Å²) < 4.78 is 26.2. The van der Waals surface area contributed by atoms with Crippen LogP contribution >= 0.6 is 0 Å². The average Bonchev–Trinajstić information content (AvgIpc) is 3.00. The van der Waals surface area contributed by atoms with E-state index in [1.54, 1.807) is 31.2 Å². The summed E-state index contributed by atoms with van der Waals surface area (Å²) in [5.41, 5.74) is 6.29. The van der Waals surface area contributed by atoms with E-state index in [0.29, 0.717) is 24.5 Å². The fourth-order valence-corrected chi connectivity index (χ4v) is 3.72. The van der Waals surface area contributed by atoms with Crippen molar-refractivity contribution in [1.82, 2.24) is 9.62 Å². The minimum absolute atomic E-state index is 0.233. The van der Waals surface area contributed by atoms with Crippen molar-refractivity contribution in [3.05, 3.63) is 29.8 Å². The van der Waals surface area contributed by atoms with Gasteiger partial charge in [0.25, 0.3) is 0 Å². The van der Waals surface area contributed by atoms with Gasteiger partial charge in [-0.2, -0.15) is 4.31 Å². The van der Waals surface area contributed by atoms with Crippen LogP contribution in [0.3, 0.4) is 0 Å². The van der Waals surface area contributed by atoms with E-state index >= 15 is 0 Å². The number of hydrogen-bond donors (Lipinski definition) is 2. The Bertz CT molecular complexity index is 590. The van der Waals surface area contributed by atoms with E-state index in [1.807, 2.05) is 0 Å². The number of nitrogens with one attached hydrogen (secondary N) is 1. The molecule has 7 heteroatoms. The molecule has 2 rings (SSSR count). The first kappa shape index (κ1) is 15.9. The number of amides is 1. The highest BCUT2D eigenvalue weighted by Gasteiger charge is 2.26. The monoisotopic (exact) mass is 311 g/mol. The van der Waals surface area contributed by atoms with Crippen LogP contribution in [0.1, 0.15) is 25.3 Å². The second kappa shape index (κ2) is 6.55. The molecule has 1 saturated heterocycles. The molecule has 0 spiro atoms. The second-order valence-electron chi connectivity index (χ2n) is 5.26. The second-order valence-corrected chi connectivity index (χ2v) is 7.20. The first-order chi connectivity index (χ1) is 9.91. The lowest BCUT2D eigenvalue weighted by atomic mass is 10.2. The molecule has 1 heterocycles. The van der Waals surface area contributed by atoms with Crippen molar-refractivity contribution in [2.24, 2.45) is 5.73 Å². The molecular weight excluding hydrogens is 290 g/mol. The Labute approximate surface area is 125 Å². The first-order valence-electron chi connectivity index (χ1n) is 7.03. The van der Waals surface area contributed by atoms with Gasteiger partial charge in [-0.25, -0.2) is 8.42 Å². The van der Waals surface area contributed by atoms with E-state index in [9.17, 15) is 13.2 Å². The zero-order chi connectivity index (χ0) is 15.5. The lowest BCUT2D eigenvalue weighted by molar-refractivity contribution is -0.122. The largest absolute Gasteiger partial charge is 0.351 e. The highest BCUT2D eigenvalue weighted by molar-refractivity contribution is 7.89. The zero-order valence-electron chi connectivity index (χ0n) is 12.1. The van der Waals surface area contributed by atoms with Crippen molar-refractivity contribution in [3.63, 3.8) is 0 Å². The summed E-state index contributed by atoms with van der Waals surface area (Å²) in [7, 11) is -3.37. The predicted octanol–water partition coefficient (Wildman–Crippen LogP) is 0.435. The van der Waals surface area contributed by atoms with E-state index in [-0.39, 0.29) is 5.91 Å². The Kier molecular flexibility index (Phi) is 4.97. The molecule has 0 bridgehead atoms. The molecule has 21 heavy (non-hydrogen) atoms. The maximum atomic E-state index is 12.3. The van der Waals surface area contributed by atoms with Crippen LogP contribution < -0.4 is 11.1 Å². The third-order valence-electron chi connectivity index (χ3n) is 3.51. The van der Waals surface area contributed by atoms with Crippen molar-refractivity contribution < 1.29 is 13.2 Å². The van der Waals surface area contributed by atoms with Crippen LogP contribution in [0.25, 0.3) is 0 Å². The molecule has 1 fully saturated rings. The maximum absolute atomic E-state index is 12.3. The van der Waals surface area contributed by atoms with Gasteiger partial charge in [-0.1, -0.05) is 12.1 Å². The van der Waals surface area contributed by atoms with Crippen molar-refractivity contribution >= 4 is 15.9 Å². The highest BCUT2D eigenvalue weighted by atomic mass is 32.2. The van der Waals surface area contributed by atoms with E-state index in [2.05, 4.69) is 5.32 Å². The van der Waals surface area contributed by atoms with E-state index < -0.39 is 16.1 Å². The normalized spacial score (nSPS) is 17.6. The van der Waals surface area contributed by atoms with Crippen molar-refractivity contribution in [1.29, 1.82) is 0 Å². The molecule has 116 valence electrons. The molecule has 0 unspecified atom stereocenters. The summed E-state index contributed by atoms with van der Waals surface area (Å²) in [5, 5.41) is 2.69. The summed E-state index contributed by atoms with van der Waals surface area (Å²) in [6.07, 6.45) is 1.83. The van der Waals surface area contributed by atoms with E-state index in [0.717, 1.165) is 18.4 Å². The summed E-state index contributed by atoms with van der Waals surface area (Å²) in [5.74, 6) is -0.233. The van der Waals surface area contributed by atoms with Crippen molar-refractivity contribution in [2.75, 3.05) is 13.1 Å². The van der Waals surface area contributed by atoms with Gasteiger partial charge in [0.15, 0.2) is 0 Å². The van der Waals surface area contributed by atoms with E-state index in [1.165, 1.54) is 4.31 Å². The summed E-state index contributed by atoms with van der Waals surface area (Å²) >= 11 is 0. The smallest absolute Gasteiger partial charge is 0.243 e. The molecule has 1 aliphatic heterocycles. The van der Waals surface area contributed by atoms with Gasteiger partial charge >= 0.3 is 0 Å². The molecule has 0 saturated carbocycles. The number of sulfonamides is 1. The lowest BCUT2D eigenvalue weighted by Crippen LogP contribution is -2.37. The van der Waals surface area contributed by atoms with Gasteiger partial charge in [0.2, 0.25) is 15.9 Å². The molecular formula is C14H21N3O3S. The number of nitrogens with zero attached hydrogens (tertiary/aromatic N) is 1. The predicted molar refractivity (Wildman–Crippen MR) is 79.9 cm³/mol. The Morgan fingerprint density at radius 2 is 1.86 bits per heavy atom. The van der Waals surface area contributed by atoms with Crippen LogP contribution in [0.2, 0.25) is 0 Å². The first-order valence-corrected chi connectivity index (χ1v) is 8.47. The third-order valence-corrected chi connectivity index (χ3v) is 5.42. The maximum Gasteiger partial charge on any atom is 0.243 e. The molecule has 6 nitrogen and oxygen atoms in total. The fourth-order valence-electron chi connectivity index (χ4n) is 2.21. The molecule has 0 aromatic heterocycles. The third kappa shape index (κ3) is 3.81. The molecule has 1 aliphatic rings. The SMILES string of the molecule is C[C@@H](N)C(=O)NCc1ccc(S(=O)(=O)N2CCCC2)cc1. The average molecular weight is 311 g/mol. The number of carbonyl (C=O) groups is 1. The van der Waals surface area contributed by atoms with Crippen LogP contribution in [0.4, 0.5) is 0 Å². The van der Waals surface area contributed by atoms with Crippen LogP contribution in [0.15, 0.2) is 29.2 Å². The van der Waals surface area contributed by atoms with Crippen molar-refractivity contribution in [2.45, 2.75) is 37.2 Å². The van der Waals surface area contributed by atoms with Gasteiger partial charge < -0.3 is 11.1 Å². The Morgan fingerprint density at radius 3 is 2.38 bits per heavy atom. The minimum atomic E-state index is -3.37. The molecule has 1 aromatic rings. The highest BCUT2D eigenvalue weighted by Crippen LogP contribution is 2.20. The molecule has 1 amide bonds. The van der Waals surface area contributed by atoms with Crippen LogP contribution in [0.5, 0.6) is 0 Å². The van der Waals surface area contributed by atoms with Gasteiger partial charge in [0, 0.05) is 19.6 Å². The number of carbonyl (C=O) groups excluding carboxylic acids is 1. The summed E-state index contributed by atoms with van der Waals surface area (Å²) in [6.45, 7) is 3.13. The Balaban J connectivity index is 2.03. The van der Waals surface area contributed by atoms with Crippen molar-refractivity contribution in [3.8, 4) is 0 Å². The topological polar surface area (TPSA) is 92.5 Å². The molecule has 3 N–H and O–H groups in total. The number of nitrogens with two attached hydrogens (primary N) is 1. The molecule has 1 aromatic carbocycles. The van der Waals surface area contributed by atoms with E-state index in [4.69, 9.17) is 5.73 Å². The van der Waals surface area contributed by atoms with Crippen LogP contribution in [-0.4, -0.2) is 37.8 Å². The summed E-state index contributed by atoms with van der Waals surface area (Å²) in [6, 6.07) is 6.04. The molecule has 0 aliphatic carbocycles. The van der Waals surface area contributed by atoms with Gasteiger partial charge in [-0.05, 0) is 37.5 Å². The Morgan fingerprint density at radius 1 is 1.29 bits per heavy atom. The van der Waals surface area contributed by atoms with Gasteiger partial charge in [0.05, 0.1) is 10.9 Å². The molecule has 0 radical (unpaired) electrons. The summed E-state index contributed by atoms with van der Waals surface area (Å²) in [4.78, 5) is 11.7. The van der Waals surface area contributed by atoms with Gasteiger partial charge in [-0.15, -0.1) is 0 Å².